The van der Waals surface area contributed by atoms with E-state index in [9.17, 15) is 4.39 Å². The van der Waals surface area contributed by atoms with Gasteiger partial charge in [-0.3, -0.25) is 10.1 Å². The molecule has 0 fully saturated rings. The molecule has 0 radical (unpaired) electrons. The van der Waals surface area contributed by atoms with Crippen LogP contribution in [0.25, 0.3) is 56.0 Å². The number of H-pyrrole nitrogens is 2. The third-order valence-electron chi connectivity index (χ3n) is 5.19. The topological polar surface area (TPSA) is 96.0 Å². The molecule has 31 heavy (non-hydrogen) atoms. The highest BCUT2D eigenvalue weighted by Gasteiger charge is 2.17. The lowest BCUT2D eigenvalue weighted by Gasteiger charge is -2.01. The molecule has 0 aliphatic heterocycles. The predicted octanol–water partition coefficient (Wildman–Crippen LogP) is 4.76. The van der Waals surface area contributed by atoms with E-state index in [-0.39, 0.29) is 5.82 Å². The molecule has 0 aliphatic rings. The van der Waals surface area contributed by atoms with Gasteiger partial charge in [0, 0.05) is 35.9 Å². The Kier molecular flexibility index (Phi) is 3.82. The Morgan fingerprint density at radius 2 is 1.61 bits per heavy atom. The average molecular weight is 407 g/mol. The van der Waals surface area contributed by atoms with E-state index < -0.39 is 0 Å². The van der Waals surface area contributed by atoms with E-state index >= 15 is 0 Å². The standard InChI is InChI=1S/C23H14FN7/c24-16-3-1-14(2-4-16)17-7-10-26-22-19(17)28-23(29-22)20-18-11-15(12-27-21(18)31-30-20)13-5-8-25-9-6-13/h1-12H,(H,26,28,29)(H,27,30,31). The summed E-state index contributed by atoms with van der Waals surface area (Å²) in [7, 11) is 0. The van der Waals surface area contributed by atoms with Gasteiger partial charge in [0.2, 0.25) is 0 Å². The van der Waals surface area contributed by atoms with Crippen LogP contribution in [0.2, 0.25) is 0 Å². The minimum Gasteiger partial charge on any atom is -0.321 e. The third-order valence-corrected chi connectivity index (χ3v) is 5.19. The van der Waals surface area contributed by atoms with Crippen LogP contribution in [0, 0.1) is 5.82 Å². The fourth-order valence-electron chi connectivity index (χ4n) is 3.67. The van der Waals surface area contributed by atoms with Gasteiger partial charge in [-0.15, -0.1) is 0 Å². The lowest BCUT2D eigenvalue weighted by molar-refractivity contribution is 0.628. The van der Waals surface area contributed by atoms with Crippen LogP contribution in [-0.4, -0.2) is 35.1 Å². The highest BCUT2D eigenvalue weighted by Crippen LogP contribution is 2.31. The monoisotopic (exact) mass is 407 g/mol. The van der Waals surface area contributed by atoms with E-state index in [1.807, 2.05) is 24.3 Å². The molecule has 0 saturated heterocycles. The zero-order chi connectivity index (χ0) is 20.8. The molecule has 6 rings (SSSR count). The molecule has 0 atom stereocenters. The van der Waals surface area contributed by atoms with Gasteiger partial charge < -0.3 is 4.98 Å². The number of hydrogen-bond donors (Lipinski definition) is 2. The van der Waals surface area contributed by atoms with Gasteiger partial charge in [0.05, 0.1) is 5.39 Å². The molecule has 0 unspecified atom stereocenters. The average Bonchev–Trinajstić information content (AvgIpc) is 3.43. The lowest BCUT2D eigenvalue weighted by Crippen LogP contribution is -1.84. The van der Waals surface area contributed by atoms with Gasteiger partial charge in [0.25, 0.3) is 0 Å². The zero-order valence-electron chi connectivity index (χ0n) is 16.0. The molecular formula is C23H14FN7. The number of halogens is 1. The first-order chi connectivity index (χ1) is 15.3. The molecule has 0 saturated carbocycles. The maximum absolute atomic E-state index is 13.4. The Hall–Kier alpha value is -4.46. The summed E-state index contributed by atoms with van der Waals surface area (Å²) < 4.78 is 13.4. The fourth-order valence-corrected chi connectivity index (χ4v) is 3.67. The Balaban J connectivity index is 1.51. The molecular weight excluding hydrogens is 393 g/mol. The molecule has 7 nitrogen and oxygen atoms in total. The predicted molar refractivity (Wildman–Crippen MR) is 115 cm³/mol. The van der Waals surface area contributed by atoms with Crippen molar-refractivity contribution in [2.45, 2.75) is 0 Å². The van der Waals surface area contributed by atoms with Crippen molar-refractivity contribution in [3.05, 3.63) is 79.1 Å². The van der Waals surface area contributed by atoms with Crippen molar-refractivity contribution in [3.8, 4) is 33.8 Å². The summed E-state index contributed by atoms with van der Waals surface area (Å²) in [5.41, 5.74) is 6.34. The molecule has 2 N–H and O–H groups in total. The van der Waals surface area contributed by atoms with Gasteiger partial charge in [-0.2, -0.15) is 5.10 Å². The maximum atomic E-state index is 13.4. The Morgan fingerprint density at radius 1 is 0.774 bits per heavy atom. The first-order valence-corrected chi connectivity index (χ1v) is 9.62. The minimum absolute atomic E-state index is 0.280. The quantitative estimate of drug-likeness (QED) is 0.441. The van der Waals surface area contributed by atoms with Crippen molar-refractivity contribution >= 4 is 22.2 Å². The highest BCUT2D eigenvalue weighted by atomic mass is 19.1. The number of fused-ring (bicyclic) bond motifs is 2. The summed E-state index contributed by atoms with van der Waals surface area (Å²) >= 11 is 0. The van der Waals surface area contributed by atoms with Crippen LogP contribution in [-0.2, 0) is 0 Å². The highest BCUT2D eigenvalue weighted by molar-refractivity contribution is 5.96. The number of rotatable bonds is 3. The number of hydrogen-bond acceptors (Lipinski definition) is 5. The minimum atomic E-state index is -0.280. The van der Waals surface area contributed by atoms with Gasteiger partial charge in [0.1, 0.15) is 17.0 Å². The number of imidazole rings is 1. The molecule has 0 aliphatic carbocycles. The number of aromatic amines is 2. The molecule has 5 aromatic heterocycles. The van der Waals surface area contributed by atoms with Crippen LogP contribution in [0.5, 0.6) is 0 Å². The smallest absolute Gasteiger partial charge is 0.161 e. The molecule has 8 heteroatoms. The lowest BCUT2D eigenvalue weighted by atomic mass is 10.1. The van der Waals surface area contributed by atoms with E-state index in [4.69, 9.17) is 4.98 Å². The summed E-state index contributed by atoms with van der Waals surface area (Å²) in [4.78, 5) is 21.0. The maximum Gasteiger partial charge on any atom is 0.161 e. The first kappa shape index (κ1) is 17.4. The largest absolute Gasteiger partial charge is 0.321 e. The molecule has 0 bridgehead atoms. The Labute approximate surface area is 175 Å². The fraction of sp³-hybridized carbons (Fsp3) is 0. The summed E-state index contributed by atoms with van der Waals surface area (Å²) in [6.45, 7) is 0. The molecule has 148 valence electrons. The van der Waals surface area contributed by atoms with E-state index in [0.29, 0.717) is 28.3 Å². The normalized spacial score (nSPS) is 11.4. The zero-order valence-corrected chi connectivity index (χ0v) is 16.0. The van der Waals surface area contributed by atoms with Gasteiger partial charge in [-0.05, 0) is 47.5 Å². The second kappa shape index (κ2) is 6.81. The summed E-state index contributed by atoms with van der Waals surface area (Å²) in [6, 6.07) is 14.1. The Morgan fingerprint density at radius 3 is 2.45 bits per heavy atom. The van der Waals surface area contributed by atoms with E-state index in [0.717, 1.165) is 27.6 Å². The van der Waals surface area contributed by atoms with Crippen molar-refractivity contribution in [3.63, 3.8) is 0 Å². The number of nitrogens with zero attached hydrogens (tertiary/aromatic N) is 5. The van der Waals surface area contributed by atoms with Crippen LogP contribution >= 0.6 is 0 Å². The van der Waals surface area contributed by atoms with Crippen LogP contribution in [0.4, 0.5) is 4.39 Å². The molecule has 6 aromatic rings. The van der Waals surface area contributed by atoms with Crippen LogP contribution < -0.4 is 0 Å². The molecule has 1 aromatic carbocycles. The van der Waals surface area contributed by atoms with Crippen LogP contribution in [0.1, 0.15) is 0 Å². The van der Waals surface area contributed by atoms with Crippen LogP contribution in [0.3, 0.4) is 0 Å². The number of benzene rings is 1. The molecule has 0 amide bonds. The van der Waals surface area contributed by atoms with Crippen molar-refractivity contribution in [1.82, 2.24) is 35.1 Å². The van der Waals surface area contributed by atoms with E-state index in [1.54, 1.807) is 36.9 Å². The van der Waals surface area contributed by atoms with Crippen molar-refractivity contribution in [2.75, 3.05) is 0 Å². The van der Waals surface area contributed by atoms with Crippen molar-refractivity contribution < 1.29 is 4.39 Å². The van der Waals surface area contributed by atoms with E-state index in [2.05, 4.69) is 30.1 Å². The van der Waals surface area contributed by atoms with Gasteiger partial charge in [-0.1, -0.05) is 12.1 Å². The van der Waals surface area contributed by atoms with Crippen molar-refractivity contribution in [1.29, 1.82) is 0 Å². The Bertz CT molecular complexity index is 1540. The van der Waals surface area contributed by atoms with Gasteiger partial charge in [0.15, 0.2) is 17.1 Å². The first-order valence-electron chi connectivity index (χ1n) is 9.62. The van der Waals surface area contributed by atoms with Gasteiger partial charge in [-0.25, -0.2) is 19.3 Å². The number of nitrogens with one attached hydrogen (secondary N) is 2. The second-order valence-electron chi connectivity index (χ2n) is 7.08. The molecule has 0 spiro atoms. The van der Waals surface area contributed by atoms with Gasteiger partial charge >= 0.3 is 0 Å². The second-order valence-corrected chi connectivity index (χ2v) is 7.08. The number of pyridine rings is 3. The summed E-state index contributed by atoms with van der Waals surface area (Å²) in [5, 5.41) is 8.25. The molecule has 5 heterocycles. The van der Waals surface area contributed by atoms with Crippen molar-refractivity contribution in [2.24, 2.45) is 0 Å². The third kappa shape index (κ3) is 2.93. The SMILES string of the molecule is Fc1ccc(-c2ccnc3[nH]c(-c4n[nH]c5ncc(-c6ccncc6)cc45)nc23)cc1. The number of aromatic nitrogens is 7. The summed E-state index contributed by atoms with van der Waals surface area (Å²) in [5.74, 6) is 0.300. The van der Waals surface area contributed by atoms with E-state index in [1.165, 1.54) is 12.1 Å². The van der Waals surface area contributed by atoms with Crippen LogP contribution in [0.15, 0.2) is 73.3 Å². The summed E-state index contributed by atoms with van der Waals surface area (Å²) in [6.07, 6.45) is 7.00.